The monoisotopic (exact) mass is 308 g/mol. The number of nitrogens with zero attached hydrogens (tertiary/aromatic N) is 1. The van der Waals surface area contributed by atoms with E-state index in [9.17, 15) is 0 Å². The molecular formula is C16H21ClN2S. The van der Waals surface area contributed by atoms with Gasteiger partial charge in [-0.3, -0.25) is 0 Å². The standard InChI is InChI=1S/C16H21ClN2S/c1-3-7-18-10-14-9-15(17)4-5-16(14)19(2)11-13-6-8-20-12-13/h4-6,8-9,12,18H,3,7,10-11H2,1-2H3. The van der Waals surface area contributed by atoms with E-state index in [0.717, 1.165) is 31.1 Å². The Kier molecular flexibility index (Phi) is 5.89. The normalized spacial score (nSPS) is 10.8. The zero-order chi connectivity index (χ0) is 14.4. The second-order valence-electron chi connectivity index (χ2n) is 4.94. The van der Waals surface area contributed by atoms with Crippen LogP contribution in [0.3, 0.4) is 0 Å². The lowest BCUT2D eigenvalue weighted by molar-refractivity contribution is 0.674. The Labute approximate surface area is 130 Å². The maximum Gasteiger partial charge on any atom is 0.0434 e. The average Bonchev–Trinajstić information content (AvgIpc) is 2.92. The molecule has 1 N–H and O–H groups in total. The van der Waals surface area contributed by atoms with Gasteiger partial charge in [-0.15, -0.1) is 0 Å². The molecule has 0 atom stereocenters. The second kappa shape index (κ2) is 7.67. The summed E-state index contributed by atoms with van der Waals surface area (Å²) in [6.45, 7) is 4.98. The molecule has 0 bridgehead atoms. The van der Waals surface area contributed by atoms with E-state index in [1.165, 1.54) is 16.8 Å². The Morgan fingerprint density at radius 1 is 1.30 bits per heavy atom. The van der Waals surface area contributed by atoms with Gasteiger partial charge in [0.25, 0.3) is 0 Å². The molecule has 2 aromatic rings. The number of benzene rings is 1. The van der Waals surface area contributed by atoms with Crippen LogP contribution >= 0.6 is 22.9 Å². The minimum absolute atomic E-state index is 0.797. The lowest BCUT2D eigenvalue weighted by atomic mass is 10.1. The summed E-state index contributed by atoms with van der Waals surface area (Å²) in [5.74, 6) is 0. The predicted octanol–water partition coefficient (Wildman–Crippen LogP) is 4.54. The fourth-order valence-corrected chi connectivity index (χ4v) is 3.06. The SMILES string of the molecule is CCCNCc1cc(Cl)ccc1N(C)Cc1ccsc1. The Hall–Kier alpha value is -1.03. The molecule has 0 radical (unpaired) electrons. The first kappa shape index (κ1) is 15.4. The summed E-state index contributed by atoms with van der Waals surface area (Å²) in [5.41, 5.74) is 3.84. The Bertz CT molecular complexity index is 525. The second-order valence-corrected chi connectivity index (χ2v) is 6.15. The minimum Gasteiger partial charge on any atom is -0.370 e. The van der Waals surface area contributed by atoms with Crippen LogP contribution in [0, 0.1) is 0 Å². The fourth-order valence-electron chi connectivity index (χ4n) is 2.21. The van der Waals surface area contributed by atoms with Crippen LogP contribution in [-0.4, -0.2) is 13.6 Å². The molecule has 1 aromatic carbocycles. The van der Waals surface area contributed by atoms with Crippen molar-refractivity contribution in [2.75, 3.05) is 18.5 Å². The van der Waals surface area contributed by atoms with E-state index in [1.54, 1.807) is 11.3 Å². The quantitative estimate of drug-likeness (QED) is 0.756. The molecule has 2 rings (SSSR count). The number of anilines is 1. The van der Waals surface area contributed by atoms with Crippen molar-refractivity contribution in [1.29, 1.82) is 0 Å². The van der Waals surface area contributed by atoms with Crippen LogP contribution in [0.25, 0.3) is 0 Å². The highest BCUT2D eigenvalue weighted by Gasteiger charge is 2.09. The number of hydrogen-bond donors (Lipinski definition) is 1. The van der Waals surface area contributed by atoms with Gasteiger partial charge in [0.1, 0.15) is 0 Å². The van der Waals surface area contributed by atoms with E-state index in [4.69, 9.17) is 11.6 Å². The van der Waals surface area contributed by atoms with E-state index in [-0.39, 0.29) is 0 Å². The van der Waals surface area contributed by atoms with Gasteiger partial charge in [0.15, 0.2) is 0 Å². The highest BCUT2D eigenvalue weighted by atomic mass is 35.5. The summed E-state index contributed by atoms with van der Waals surface area (Å²) < 4.78 is 0. The topological polar surface area (TPSA) is 15.3 Å². The molecule has 0 saturated heterocycles. The molecule has 0 aliphatic rings. The van der Waals surface area contributed by atoms with Gasteiger partial charge in [0.05, 0.1) is 0 Å². The van der Waals surface area contributed by atoms with Gasteiger partial charge in [-0.1, -0.05) is 18.5 Å². The maximum atomic E-state index is 6.13. The van der Waals surface area contributed by atoms with Crippen LogP contribution in [0.2, 0.25) is 5.02 Å². The molecule has 0 amide bonds. The van der Waals surface area contributed by atoms with Gasteiger partial charge in [0, 0.05) is 30.8 Å². The summed E-state index contributed by atoms with van der Waals surface area (Å²) in [6, 6.07) is 8.30. The third kappa shape index (κ3) is 4.23. The third-order valence-electron chi connectivity index (χ3n) is 3.19. The summed E-state index contributed by atoms with van der Waals surface area (Å²) in [4.78, 5) is 2.28. The van der Waals surface area contributed by atoms with Crippen LogP contribution in [0.15, 0.2) is 35.0 Å². The predicted molar refractivity (Wildman–Crippen MR) is 89.9 cm³/mol. The Balaban J connectivity index is 2.12. The third-order valence-corrected chi connectivity index (χ3v) is 4.16. The zero-order valence-corrected chi connectivity index (χ0v) is 13.6. The molecule has 1 heterocycles. The molecule has 0 saturated carbocycles. The molecule has 0 spiro atoms. The van der Waals surface area contributed by atoms with Crippen molar-refractivity contribution in [3.63, 3.8) is 0 Å². The zero-order valence-electron chi connectivity index (χ0n) is 12.0. The Morgan fingerprint density at radius 2 is 2.15 bits per heavy atom. The van der Waals surface area contributed by atoms with Crippen LogP contribution in [0.4, 0.5) is 5.69 Å². The van der Waals surface area contributed by atoms with Crippen molar-refractivity contribution in [3.05, 3.63) is 51.2 Å². The van der Waals surface area contributed by atoms with Crippen LogP contribution in [0.1, 0.15) is 24.5 Å². The molecular weight excluding hydrogens is 288 g/mol. The van der Waals surface area contributed by atoms with Crippen molar-refractivity contribution in [3.8, 4) is 0 Å². The van der Waals surface area contributed by atoms with Gasteiger partial charge in [-0.25, -0.2) is 0 Å². The van der Waals surface area contributed by atoms with Crippen LogP contribution < -0.4 is 10.2 Å². The van der Waals surface area contributed by atoms with E-state index in [0.29, 0.717) is 0 Å². The largest absolute Gasteiger partial charge is 0.370 e. The maximum absolute atomic E-state index is 6.13. The van der Waals surface area contributed by atoms with Gasteiger partial charge in [0.2, 0.25) is 0 Å². The van der Waals surface area contributed by atoms with Gasteiger partial charge in [-0.05, 0) is 59.1 Å². The molecule has 4 heteroatoms. The van der Waals surface area contributed by atoms with Crippen molar-refractivity contribution >= 4 is 28.6 Å². The van der Waals surface area contributed by atoms with Crippen molar-refractivity contribution in [2.24, 2.45) is 0 Å². The summed E-state index contributed by atoms with van der Waals surface area (Å²) in [5, 5.41) is 8.56. The first-order valence-electron chi connectivity index (χ1n) is 6.92. The fraction of sp³-hybridized carbons (Fsp3) is 0.375. The first-order chi connectivity index (χ1) is 9.70. The molecule has 0 fully saturated rings. The first-order valence-corrected chi connectivity index (χ1v) is 8.24. The molecule has 0 aliphatic heterocycles. The summed E-state index contributed by atoms with van der Waals surface area (Å²) in [7, 11) is 2.13. The van der Waals surface area contributed by atoms with Crippen molar-refractivity contribution in [2.45, 2.75) is 26.4 Å². The lowest BCUT2D eigenvalue weighted by Gasteiger charge is -2.22. The number of hydrogen-bond acceptors (Lipinski definition) is 3. The Morgan fingerprint density at radius 3 is 2.85 bits per heavy atom. The highest BCUT2D eigenvalue weighted by Crippen LogP contribution is 2.25. The number of halogens is 1. The minimum atomic E-state index is 0.797. The van der Waals surface area contributed by atoms with Gasteiger partial charge in [-0.2, -0.15) is 11.3 Å². The number of rotatable bonds is 7. The molecule has 0 aliphatic carbocycles. The van der Waals surface area contributed by atoms with Gasteiger partial charge < -0.3 is 10.2 Å². The van der Waals surface area contributed by atoms with Crippen LogP contribution in [0.5, 0.6) is 0 Å². The van der Waals surface area contributed by atoms with Crippen molar-refractivity contribution in [1.82, 2.24) is 5.32 Å². The molecule has 2 nitrogen and oxygen atoms in total. The van der Waals surface area contributed by atoms with Gasteiger partial charge >= 0.3 is 0 Å². The number of thiophene rings is 1. The summed E-state index contributed by atoms with van der Waals surface area (Å²) >= 11 is 7.87. The smallest absolute Gasteiger partial charge is 0.0434 e. The average molecular weight is 309 g/mol. The van der Waals surface area contributed by atoms with E-state index < -0.39 is 0 Å². The van der Waals surface area contributed by atoms with Crippen molar-refractivity contribution < 1.29 is 0 Å². The highest BCUT2D eigenvalue weighted by molar-refractivity contribution is 7.07. The molecule has 0 unspecified atom stereocenters. The van der Waals surface area contributed by atoms with E-state index in [1.807, 2.05) is 6.07 Å². The van der Waals surface area contributed by atoms with E-state index >= 15 is 0 Å². The molecule has 108 valence electrons. The number of nitrogens with one attached hydrogen (secondary N) is 1. The van der Waals surface area contributed by atoms with E-state index in [2.05, 4.69) is 53.1 Å². The molecule has 1 aromatic heterocycles. The molecule has 20 heavy (non-hydrogen) atoms. The van der Waals surface area contributed by atoms with Crippen LogP contribution in [-0.2, 0) is 13.1 Å². The summed E-state index contributed by atoms with van der Waals surface area (Å²) in [6.07, 6.45) is 1.14. The lowest BCUT2D eigenvalue weighted by Crippen LogP contribution is -2.21.